The quantitative estimate of drug-likeness (QED) is 0.178. The molecule has 0 aliphatic heterocycles. The maximum absolute atomic E-state index is 12.5. The highest BCUT2D eigenvalue weighted by atomic mass is 31.2. The van der Waals surface area contributed by atoms with Crippen LogP contribution in [-0.4, -0.2) is 65.3 Å². The number of nitrogens with one attached hydrogen (secondary N) is 1. The van der Waals surface area contributed by atoms with Crippen molar-refractivity contribution in [1.82, 2.24) is 0 Å². The lowest BCUT2D eigenvalue weighted by molar-refractivity contribution is -0.134. The Morgan fingerprint density at radius 3 is 1.76 bits per heavy atom. The first-order chi connectivity index (χ1) is 13.1. The molecule has 0 aromatic heterocycles. The summed E-state index contributed by atoms with van der Waals surface area (Å²) in [5.74, 6) is -1.44. The lowest BCUT2D eigenvalue weighted by Crippen LogP contribution is -2.49. The van der Waals surface area contributed by atoms with Crippen molar-refractivity contribution in [3.8, 4) is 0 Å². The first-order valence-electron chi connectivity index (χ1n) is 7.30. The minimum Gasteiger partial charge on any atom is -0.394 e. The minimum absolute atomic E-state index is 0.0585. The Hall–Kier alpha value is -1.02. The first-order valence-corrected chi connectivity index (χ1v) is 11.9. The van der Waals surface area contributed by atoms with E-state index in [-0.39, 0.29) is 5.69 Å². The standard InChI is InChI=1S/C11H18NO14P3/c13-6-8(24-27(15,16)17)9(25-28(18,19)20)10(26-29(21,22)23)11(14)12-7-4-2-1-3-5-7/h1-5,8-10,13H,6H2,(H,12,14)(H2,15,16,17)(H2,18,19,20)(H2,21,22,23)/t8-,9+,10+/m1/s1. The monoisotopic (exact) mass is 481 g/mol. The predicted molar refractivity (Wildman–Crippen MR) is 92.9 cm³/mol. The molecule has 0 heterocycles. The molecule has 1 aromatic carbocycles. The molecule has 0 aliphatic carbocycles. The van der Waals surface area contributed by atoms with E-state index in [1.807, 2.05) is 0 Å². The molecule has 0 aliphatic rings. The van der Waals surface area contributed by atoms with Crippen molar-refractivity contribution in [3.05, 3.63) is 30.3 Å². The van der Waals surface area contributed by atoms with E-state index in [4.69, 9.17) is 29.4 Å². The van der Waals surface area contributed by atoms with Crippen LogP contribution in [0.1, 0.15) is 0 Å². The number of aliphatic hydroxyl groups is 1. The van der Waals surface area contributed by atoms with E-state index in [0.29, 0.717) is 0 Å². The van der Waals surface area contributed by atoms with Gasteiger partial charge in [-0.1, -0.05) is 18.2 Å². The molecular formula is C11H18NO14P3. The molecule has 8 N–H and O–H groups in total. The summed E-state index contributed by atoms with van der Waals surface area (Å²) in [4.78, 5) is 66.4. The van der Waals surface area contributed by atoms with Crippen molar-refractivity contribution in [1.29, 1.82) is 0 Å². The molecule has 18 heteroatoms. The molecule has 0 saturated heterocycles. The molecule has 3 atom stereocenters. The molecule has 1 rings (SSSR count). The smallest absolute Gasteiger partial charge is 0.394 e. The summed E-state index contributed by atoms with van der Waals surface area (Å²) in [6.07, 6.45) is -7.50. The highest BCUT2D eigenvalue weighted by Crippen LogP contribution is 2.46. The van der Waals surface area contributed by atoms with E-state index in [2.05, 4.69) is 18.9 Å². The van der Waals surface area contributed by atoms with Gasteiger partial charge in [0, 0.05) is 5.69 Å². The third kappa shape index (κ3) is 10.5. The van der Waals surface area contributed by atoms with Crippen LogP contribution >= 0.6 is 23.5 Å². The molecule has 1 amide bonds. The number of anilines is 1. The molecule has 0 fully saturated rings. The second kappa shape index (κ2) is 10.3. The second-order valence-corrected chi connectivity index (χ2v) is 8.83. The maximum Gasteiger partial charge on any atom is 0.470 e. The molecule has 0 saturated carbocycles. The molecular weight excluding hydrogens is 463 g/mol. The van der Waals surface area contributed by atoms with Gasteiger partial charge in [-0.15, -0.1) is 0 Å². The summed E-state index contributed by atoms with van der Waals surface area (Å²) < 4.78 is 46.1. The molecule has 166 valence electrons. The van der Waals surface area contributed by atoms with Gasteiger partial charge in [0.25, 0.3) is 5.91 Å². The van der Waals surface area contributed by atoms with Crippen LogP contribution in [0.5, 0.6) is 0 Å². The van der Waals surface area contributed by atoms with Gasteiger partial charge in [0.15, 0.2) is 6.10 Å². The highest BCUT2D eigenvalue weighted by Gasteiger charge is 2.46. The number of aliphatic hydroxyl groups excluding tert-OH is 1. The highest BCUT2D eigenvalue weighted by molar-refractivity contribution is 7.47. The number of amides is 1. The maximum atomic E-state index is 12.5. The fourth-order valence-corrected chi connectivity index (χ4v) is 3.60. The van der Waals surface area contributed by atoms with Gasteiger partial charge in [-0.25, -0.2) is 13.7 Å². The Balaban J connectivity index is 3.36. The molecule has 0 unspecified atom stereocenters. The average Bonchev–Trinajstić information content (AvgIpc) is 2.54. The molecule has 0 spiro atoms. The van der Waals surface area contributed by atoms with E-state index in [0.717, 1.165) is 0 Å². The normalized spacial score (nSPS) is 16.1. The molecule has 15 nitrogen and oxygen atoms in total. The van der Waals surface area contributed by atoms with Gasteiger partial charge < -0.3 is 39.8 Å². The van der Waals surface area contributed by atoms with Crippen molar-refractivity contribution in [3.63, 3.8) is 0 Å². The van der Waals surface area contributed by atoms with Gasteiger partial charge in [0.05, 0.1) is 6.61 Å². The Bertz CT molecular complexity index is 815. The number of carbonyl (C=O) groups excluding carboxylic acids is 1. The Morgan fingerprint density at radius 1 is 0.862 bits per heavy atom. The number of benzene rings is 1. The van der Waals surface area contributed by atoms with Crippen LogP contribution in [0.3, 0.4) is 0 Å². The van der Waals surface area contributed by atoms with Crippen molar-refractivity contribution in [2.75, 3.05) is 11.9 Å². The topological polar surface area (TPSA) is 250 Å². The minimum atomic E-state index is -5.55. The Kier molecular flexibility index (Phi) is 9.27. The van der Waals surface area contributed by atoms with Crippen molar-refractivity contribution >= 4 is 35.1 Å². The van der Waals surface area contributed by atoms with Crippen LogP contribution < -0.4 is 5.32 Å². The number of hydrogen-bond donors (Lipinski definition) is 8. The van der Waals surface area contributed by atoms with Crippen LogP contribution in [0.15, 0.2) is 30.3 Å². The Morgan fingerprint density at radius 2 is 1.34 bits per heavy atom. The van der Waals surface area contributed by atoms with Crippen LogP contribution in [0, 0.1) is 0 Å². The SMILES string of the molecule is O=C(Nc1ccccc1)[C@@H](OP(=O)(O)O)[C@@H](OP(=O)(O)O)[C@@H](CO)OP(=O)(O)O. The van der Waals surface area contributed by atoms with Crippen molar-refractivity contribution in [2.45, 2.75) is 18.3 Å². The zero-order chi connectivity index (χ0) is 22.5. The van der Waals surface area contributed by atoms with E-state index in [1.54, 1.807) is 6.07 Å². The van der Waals surface area contributed by atoms with Gasteiger partial charge in [-0.3, -0.25) is 18.4 Å². The third-order valence-electron chi connectivity index (χ3n) is 2.93. The average molecular weight is 481 g/mol. The van der Waals surface area contributed by atoms with E-state index in [1.165, 1.54) is 24.3 Å². The second-order valence-electron chi connectivity index (χ2n) is 5.25. The summed E-state index contributed by atoms with van der Waals surface area (Å²) in [6, 6.07) is 7.16. The predicted octanol–water partition coefficient (Wildman–Crippen LogP) is -0.949. The number of phosphoric ester groups is 3. The largest absolute Gasteiger partial charge is 0.470 e. The van der Waals surface area contributed by atoms with Crippen LogP contribution in [0.2, 0.25) is 0 Å². The zero-order valence-electron chi connectivity index (χ0n) is 14.2. The van der Waals surface area contributed by atoms with Crippen LogP contribution in [0.4, 0.5) is 5.69 Å². The summed E-state index contributed by atoms with van der Waals surface area (Å²) in [5, 5.41) is 11.4. The molecule has 29 heavy (non-hydrogen) atoms. The van der Waals surface area contributed by atoms with Gasteiger partial charge in [-0.05, 0) is 12.1 Å². The van der Waals surface area contributed by atoms with Gasteiger partial charge in [-0.2, -0.15) is 0 Å². The molecule has 0 radical (unpaired) electrons. The lowest BCUT2D eigenvalue weighted by Gasteiger charge is -2.31. The van der Waals surface area contributed by atoms with Gasteiger partial charge in [0.1, 0.15) is 12.2 Å². The number of phosphoric acid groups is 3. The number of para-hydroxylation sites is 1. The fourth-order valence-electron chi connectivity index (χ4n) is 1.99. The van der Waals surface area contributed by atoms with Crippen molar-refractivity contribution in [2.24, 2.45) is 0 Å². The van der Waals surface area contributed by atoms with Gasteiger partial charge in [0.2, 0.25) is 0 Å². The lowest BCUT2D eigenvalue weighted by atomic mass is 10.1. The zero-order valence-corrected chi connectivity index (χ0v) is 16.8. The molecule has 0 bridgehead atoms. The fraction of sp³-hybridized carbons (Fsp3) is 0.364. The van der Waals surface area contributed by atoms with Crippen LogP contribution in [0.25, 0.3) is 0 Å². The molecule has 1 aromatic rings. The number of hydrogen-bond acceptors (Lipinski definition) is 8. The van der Waals surface area contributed by atoms with E-state index >= 15 is 0 Å². The van der Waals surface area contributed by atoms with Gasteiger partial charge >= 0.3 is 23.5 Å². The van der Waals surface area contributed by atoms with Crippen LogP contribution in [-0.2, 0) is 32.1 Å². The number of carbonyl (C=O) groups is 1. The van der Waals surface area contributed by atoms with Crippen molar-refractivity contribution < 1.29 is 66.5 Å². The summed E-state index contributed by atoms with van der Waals surface area (Å²) in [5.41, 5.74) is 0.0585. The summed E-state index contributed by atoms with van der Waals surface area (Å²) in [6.45, 7) is -1.39. The third-order valence-corrected chi connectivity index (χ3v) is 4.49. The summed E-state index contributed by atoms with van der Waals surface area (Å²) in [7, 11) is -16.5. The summed E-state index contributed by atoms with van der Waals surface area (Å²) >= 11 is 0. The number of rotatable bonds is 11. The Labute approximate surface area is 163 Å². The first kappa shape index (κ1) is 26.0. The van der Waals surface area contributed by atoms with E-state index < -0.39 is 54.3 Å². The van der Waals surface area contributed by atoms with E-state index in [9.17, 15) is 23.6 Å².